The number of hydrogen-bond acceptors (Lipinski definition) is 5. The maximum atomic E-state index is 12.6. The predicted molar refractivity (Wildman–Crippen MR) is 93.9 cm³/mol. The van der Waals surface area contributed by atoms with Gasteiger partial charge < -0.3 is 14.4 Å². The third-order valence-corrected chi connectivity index (χ3v) is 3.04. The maximum absolute atomic E-state index is 12.6. The number of carbonyl (C=O) groups is 3. The third kappa shape index (κ3) is 7.97. The minimum atomic E-state index is -0.461. The molecule has 1 amide bonds. The second kappa shape index (κ2) is 11.6. The van der Waals surface area contributed by atoms with E-state index in [0.29, 0.717) is 5.56 Å². The van der Waals surface area contributed by atoms with Crippen molar-refractivity contribution in [2.75, 3.05) is 26.3 Å². The number of esters is 2. The Labute approximate surface area is 147 Å². The van der Waals surface area contributed by atoms with Gasteiger partial charge in [0.25, 0.3) is 5.91 Å². The molecule has 0 N–H and O–H groups in total. The lowest BCUT2D eigenvalue weighted by Gasteiger charge is -2.19. The molecular formula is C19H23NO5. The zero-order valence-corrected chi connectivity index (χ0v) is 14.5. The highest BCUT2D eigenvalue weighted by atomic mass is 16.5. The Hall–Kier alpha value is -2.89. The number of benzene rings is 1. The van der Waals surface area contributed by atoms with Crippen LogP contribution in [0.5, 0.6) is 0 Å². The standard InChI is InChI=1S/C19H23NO5/c1-3-24-17(21)12-8-14-20(15-9-13-18(22)25-4-2)19(23)16-10-6-5-7-11-16/h5-13H,3-4,14-15H2,1-2H3/b12-8-,13-9+. The SMILES string of the molecule is CCOC(=O)/C=C\CN(C/C=C/C(=O)OCC)C(=O)c1ccccc1. The summed E-state index contributed by atoms with van der Waals surface area (Å²) in [4.78, 5) is 36.8. The minimum Gasteiger partial charge on any atom is -0.463 e. The maximum Gasteiger partial charge on any atom is 0.330 e. The van der Waals surface area contributed by atoms with Crippen LogP contribution in [0.1, 0.15) is 24.2 Å². The van der Waals surface area contributed by atoms with E-state index in [1.165, 1.54) is 17.1 Å². The molecule has 0 fully saturated rings. The van der Waals surface area contributed by atoms with E-state index >= 15 is 0 Å². The number of rotatable bonds is 9. The monoisotopic (exact) mass is 345 g/mol. The summed E-state index contributed by atoms with van der Waals surface area (Å²) in [5.41, 5.74) is 0.525. The lowest BCUT2D eigenvalue weighted by atomic mass is 10.2. The molecule has 0 bridgehead atoms. The van der Waals surface area contributed by atoms with Crippen molar-refractivity contribution >= 4 is 17.8 Å². The van der Waals surface area contributed by atoms with Crippen LogP contribution in [0.3, 0.4) is 0 Å². The van der Waals surface area contributed by atoms with E-state index in [1.54, 1.807) is 50.3 Å². The van der Waals surface area contributed by atoms with Crippen LogP contribution in [0.25, 0.3) is 0 Å². The van der Waals surface area contributed by atoms with Gasteiger partial charge in [0.05, 0.1) is 13.2 Å². The molecule has 0 unspecified atom stereocenters. The molecular weight excluding hydrogens is 322 g/mol. The normalized spacial score (nSPS) is 10.8. The van der Waals surface area contributed by atoms with Gasteiger partial charge in [0, 0.05) is 30.8 Å². The summed E-state index contributed by atoms with van der Waals surface area (Å²) in [5.74, 6) is -1.13. The first-order valence-corrected chi connectivity index (χ1v) is 8.09. The molecule has 0 saturated heterocycles. The molecule has 1 aromatic carbocycles. The summed E-state index contributed by atoms with van der Waals surface area (Å²) in [7, 11) is 0. The fraction of sp³-hybridized carbons (Fsp3) is 0.316. The van der Waals surface area contributed by atoms with Crippen molar-refractivity contribution in [1.29, 1.82) is 0 Å². The average Bonchev–Trinajstić information content (AvgIpc) is 2.61. The molecule has 0 spiro atoms. The van der Waals surface area contributed by atoms with Crippen LogP contribution in [0.2, 0.25) is 0 Å². The molecule has 0 radical (unpaired) electrons. The van der Waals surface area contributed by atoms with Crippen molar-refractivity contribution in [3.63, 3.8) is 0 Å². The summed E-state index contributed by atoms with van der Waals surface area (Å²) in [6.45, 7) is 4.43. The number of amides is 1. The second-order valence-electron chi connectivity index (χ2n) is 4.88. The van der Waals surface area contributed by atoms with Crippen LogP contribution in [-0.4, -0.2) is 49.0 Å². The highest BCUT2D eigenvalue weighted by Crippen LogP contribution is 2.05. The molecule has 0 aromatic heterocycles. The van der Waals surface area contributed by atoms with Gasteiger partial charge in [-0.3, -0.25) is 4.79 Å². The first-order valence-electron chi connectivity index (χ1n) is 8.09. The van der Waals surface area contributed by atoms with E-state index in [-0.39, 0.29) is 32.2 Å². The van der Waals surface area contributed by atoms with Crippen molar-refractivity contribution < 1.29 is 23.9 Å². The van der Waals surface area contributed by atoms with Crippen molar-refractivity contribution in [2.45, 2.75) is 13.8 Å². The van der Waals surface area contributed by atoms with Gasteiger partial charge in [0.2, 0.25) is 0 Å². The van der Waals surface area contributed by atoms with Crippen LogP contribution >= 0.6 is 0 Å². The molecule has 0 heterocycles. The Morgan fingerprint density at radius 1 is 0.880 bits per heavy atom. The average molecular weight is 345 g/mol. The first kappa shape index (κ1) is 20.2. The molecule has 0 atom stereocenters. The number of hydrogen-bond donors (Lipinski definition) is 0. The predicted octanol–water partition coefficient (Wildman–Crippen LogP) is 2.37. The summed E-state index contributed by atoms with van der Waals surface area (Å²) in [6, 6.07) is 8.78. The van der Waals surface area contributed by atoms with Gasteiger partial charge in [0.1, 0.15) is 0 Å². The van der Waals surface area contributed by atoms with Crippen molar-refractivity contribution in [3.05, 3.63) is 60.2 Å². The van der Waals surface area contributed by atoms with Crippen LogP contribution in [0, 0.1) is 0 Å². The molecule has 0 aliphatic carbocycles. The quantitative estimate of drug-likeness (QED) is 0.507. The van der Waals surface area contributed by atoms with Crippen LogP contribution < -0.4 is 0 Å². The van der Waals surface area contributed by atoms with Crippen molar-refractivity contribution in [1.82, 2.24) is 4.90 Å². The van der Waals surface area contributed by atoms with E-state index in [9.17, 15) is 14.4 Å². The summed E-state index contributed by atoms with van der Waals surface area (Å²) in [5, 5.41) is 0. The number of ether oxygens (including phenoxy) is 2. The van der Waals surface area contributed by atoms with E-state index in [0.717, 1.165) is 0 Å². The molecule has 134 valence electrons. The van der Waals surface area contributed by atoms with Crippen LogP contribution in [-0.2, 0) is 19.1 Å². The fourth-order valence-electron chi connectivity index (χ4n) is 1.94. The fourth-order valence-corrected chi connectivity index (χ4v) is 1.94. The largest absolute Gasteiger partial charge is 0.463 e. The Morgan fingerprint density at radius 3 is 1.80 bits per heavy atom. The van der Waals surface area contributed by atoms with Crippen molar-refractivity contribution in [2.24, 2.45) is 0 Å². The first-order chi connectivity index (χ1) is 12.1. The van der Waals surface area contributed by atoms with E-state index in [2.05, 4.69) is 0 Å². The summed E-state index contributed by atoms with van der Waals surface area (Å²) in [6.07, 6.45) is 5.67. The molecule has 1 rings (SSSR count). The van der Waals surface area contributed by atoms with Crippen molar-refractivity contribution in [3.8, 4) is 0 Å². The molecule has 1 aromatic rings. The third-order valence-electron chi connectivity index (χ3n) is 3.04. The van der Waals surface area contributed by atoms with Crippen LogP contribution in [0.4, 0.5) is 0 Å². The lowest BCUT2D eigenvalue weighted by Crippen LogP contribution is -2.31. The smallest absolute Gasteiger partial charge is 0.330 e. The Kier molecular flexibility index (Phi) is 9.36. The summed E-state index contributed by atoms with van der Waals surface area (Å²) < 4.78 is 9.61. The molecule has 6 heteroatoms. The van der Waals surface area contributed by atoms with Gasteiger partial charge in [0.15, 0.2) is 0 Å². The Balaban J connectivity index is 2.77. The highest BCUT2D eigenvalue weighted by Gasteiger charge is 2.13. The van der Waals surface area contributed by atoms with Gasteiger partial charge >= 0.3 is 11.9 Å². The van der Waals surface area contributed by atoms with Gasteiger partial charge in [-0.2, -0.15) is 0 Å². The molecule has 6 nitrogen and oxygen atoms in total. The zero-order chi connectivity index (χ0) is 18.5. The van der Waals surface area contributed by atoms with Gasteiger partial charge in [-0.25, -0.2) is 9.59 Å². The minimum absolute atomic E-state index is 0.206. The van der Waals surface area contributed by atoms with E-state index < -0.39 is 11.9 Å². The van der Waals surface area contributed by atoms with E-state index in [1.807, 2.05) is 6.07 Å². The van der Waals surface area contributed by atoms with Gasteiger partial charge in [-0.05, 0) is 26.0 Å². The second-order valence-corrected chi connectivity index (χ2v) is 4.88. The van der Waals surface area contributed by atoms with Gasteiger partial charge in [-0.15, -0.1) is 0 Å². The molecule has 0 aliphatic rings. The Morgan fingerprint density at radius 2 is 1.36 bits per heavy atom. The molecule has 0 saturated carbocycles. The number of carbonyl (C=O) groups excluding carboxylic acids is 3. The van der Waals surface area contributed by atoms with E-state index in [4.69, 9.17) is 9.47 Å². The van der Waals surface area contributed by atoms with Gasteiger partial charge in [-0.1, -0.05) is 30.4 Å². The summed E-state index contributed by atoms with van der Waals surface area (Å²) >= 11 is 0. The molecule has 0 aliphatic heterocycles. The topological polar surface area (TPSA) is 72.9 Å². The van der Waals surface area contributed by atoms with Crippen LogP contribution in [0.15, 0.2) is 54.6 Å². The zero-order valence-electron chi connectivity index (χ0n) is 14.5. The highest BCUT2D eigenvalue weighted by molar-refractivity contribution is 5.94. The Bertz CT molecular complexity index is 592. The number of nitrogens with zero attached hydrogens (tertiary/aromatic N) is 1. The molecule has 25 heavy (non-hydrogen) atoms. The lowest BCUT2D eigenvalue weighted by molar-refractivity contribution is -0.138.